The zero-order valence-electron chi connectivity index (χ0n) is 12.6. The molecule has 0 saturated carbocycles. The number of benzene rings is 1. The fourth-order valence-electron chi connectivity index (χ4n) is 2.76. The topological polar surface area (TPSA) is 63.4 Å². The summed E-state index contributed by atoms with van der Waals surface area (Å²) < 4.78 is 40.5. The summed E-state index contributed by atoms with van der Waals surface area (Å²) in [5, 5.41) is 0. The molecule has 0 radical (unpaired) electrons. The minimum atomic E-state index is -3.67. The van der Waals surface area contributed by atoms with Gasteiger partial charge in [-0.1, -0.05) is 13.3 Å². The Hall–Kier alpha value is -1.14. The fraction of sp³-hybridized carbons (Fsp3) is 0.600. The maximum absolute atomic E-state index is 13.8. The van der Waals surface area contributed by atoms with Gasteiger partial charge in [-0.15, -0.1) is 0 Å². The number of nitrogens with two attached hydrogens (primary N) is 1. The minimum absolute atomic E-state index is 0.0435. The summed E-state index contributed by atoms with van der Waals surface area (Å²) in [5.74, 6) is -0.000134. The van der Waals surface area contributed by atoms with E-state index in [1.807, 2.05) is 0 Å². The Bertz CT molecular complexity index is 593. The number of hydrogen-bond acceptors (Lipinski definition) is 3. The molecule has 1 atom stereocenters. The van der Waals surface area contributed by atoms with Crippen LogP contribution in [0.15, 0.2) is 17.0 Å². The van der Waals surface area contributed by atoms with Gasteiger partial charge in [0.05, 0.1) is 4.90 Å². The lowest BCUT2D eigenvalue weighted by Crippen LogP contribution is -2.32. The Morgan fingerprint density at radius 3 is 2.67 bits per heavy atom. The molecule has 118 valence electrons. The largest absolute Gasteiger partial charge is 0.398 e. The van der Waals surface area contributed by atoms with Gasteiger partial charge in [0, 0.05) is 24.3 Å². The number of sulfonamides is 1. The first-order valence-electron chi connectivity index (χ1n) is 7.42. The van der Waals surface area contributed by atoms with Gasteiger partial charge in [0.1, 0.15) is 5.82 Å². The van der Waals surface area contributed by atoms with Crippen molar-refractivity contribution in [2.75, 3.05) is 18.8 Å². The van der Waals surface area contributed by atoms with Crippen LogP contribution in [-0.4, -0.2) is 25.8 Å². The number of nitrogens with zero attached hydrogens (tertiary/aromatic N) is 1. The Kier molecular flexibility index (Phi) is 4.88. The molecule has 1 heterocycles. The third-order valence-corrected chi connectivity index (χ3v) is 6.26. The van der Waals surface area contributed by atoms with E-state index in [-0.39, 0.29) is 16.1 Å². The van der Waals surface area contributed by atoms with Crippen molar-refractivity contribution in [1.29, 1.82) is 0 Å². The van der Waals surface area contributed by atoms with Crippen LogP contribution in [0, 0.1) is 18.7 Å². The second kappa shape index (κ2) is 6.32. The van der Waals surface area contributed by atoms with Crippen LogP contribution in [0.25, 0.3) is 0 Å². The molecular weight excluding hydrogens is 291 g/mol. The van der Waals surface area contributed by atoms with Gasteiger partial charge in [-0.05, 0) is 44.2 Å². The summed E-state index contributed by atoms with van der Waals surface area (Å²) in [6.07, 6.45) is 3.83. The average molecular weight is 314 g/mol. The average Bonchev–Trinajstić information content (AvgIpc) is 2.69. The first-order chi connectivity index (χ1) is 9.86. The number of anilines is 1. The zero-order valence-corrected chi connectivity index (χ0v) is 13.4. The highest BCUT2D eigenvalue weighted by atomic mass is 32.2. The van der Waals surface area contributed by atoms with E-state index in [1.165, 1.54) is 10.4 Å². The Morgan fingerprint density at radius 2 is 2.05 bits per heavy atom. The summed E-state index contributed by atoms with van der Waals surface area (Å²) in [4.78, 5) is -0.0435. The molecule has 1 fully saturated rings. The van der Waals surface area contributed by atoms with Crippen LogP contribution < -0.4 is 5.73 Å². The first-order valence-corrected chi connectivity index (χ1v) is 8.86. The van der Waals surface area contributed by atoms with Gasteiger partial charge < -0.3 is 5.73 Å². The van der Waals surface area contributed by atoms with Crippen LogP contribution >= 0.6 is 0 Å². The van der Waals surface area contributed by atoms with Crippen molar-refractivity contribution >= 4 is 15.7 Å². The SMILES string of the molecule is CCC1CCCN(S(=O)(=O)c2cc(N)c(C)c(F)c2)CC1. The molecule has 1 aliphatic heterocycles. The van der Waals surface area contributed by atoms with E-state index < -0.39 is 15.8 Å². The molecule has 0 amide bonds. The van der Waals surface area contributed by atoms with Crippen LogP contribution in [-0.2, 0) is 10.0 Å². The second-order valence-electron chi connectivity index (χ2n) is 5.73. The molecule has 1 aromatic rings. The summed E-state index contributed by atoms with van der Waals surface area (Å²) >= 11 is 0. The zero-order chi connectivity index (χ0) is 15.6. The molecular formula is C15H23FN2O2S. The van der Waals surface area contributed by atoms with Gasteiger partial charge in [-0.2, -0.15) is 4.31 Å². The fourth-order valence-corrected chi connectivity index (χ4v) is 4.30. The summed E-state index contributed by atoms with van der Waals surface area (Å²) in [7, 11) is -3.67. The van der Waals surface area contributed by atoms with Gasteiger partial charge in [-0.3, -0.25) is 0 Å². The predicted molar refractivity (Wildman–Crippen MR) is 81.9 cm³/mol. The van der Waals surface area contributed by atoms with Gasteiger partial charge in [0.15, 0.2) is 0 Å². The summed E-state index contributed by atoms with van der Waals surface area (Å²) in [6, 6.07) is 2.43. The first kappa shape index (κ1) is 16.2. The highest BCUT2D eigenvalue weighted by molar-refractivity contribution is 7.89. The van der Waals surface area contributed by atoms with E-state index in [0.717, 1.165) is 31.7 Å². The Morgan fingerprint density at radius 1 is 1.33 bits per heavy atom. The molecule has 0 spiro atoms. The lowest BCUT2D eigenvalue weighted by Gasteiger charge is -2.21. The highest BCUT2D eigenvalue weighted by Crippen LogP contribution is 2.27. The maximum atomic E-state index is 13.8. The van der Waals surface area contributed by atoms with Crippen LogP contribution in [0.2, 0.25) is 0 Å². The molecule has 1 aromatic carbocycles. The third-order valence-electron chi connectivity index (χ3n) is 4.38. The number of rotatable bonds is 3. The standard InChI is InChI=1S/C15H23FN2O2S/c1-3-12-5-4-7-18(8-6-12)21(19,20)13-9-14(16)11(2)15(17)10-13/h9-10,12H,3-8,17H2,1-2H3. The maximum Gasteiger partial charge on any atom is 0.243 e. The van der Waals surface area contributed by atoms with E-state index in [4.69, 9.17) is 5.73 Å². The minimum Gasteiger partial charge on any atom is -0.398 e. The van der Waals surface area contributed by atoms with Crippen molar-refractivity contribution in [3.8, 4) is 0 Å². The molecule has 0 bridgehead atoms. The van der Waals surface area contributed by atoms with Gasteiger partial charge in [0.25, 0.3) is 0 Å². The number of hydrogen-bond donors (Lipinski definition) is 1. The smallest absolute Gasteiger partial charge is 0.243 e. The second-order valence-corrected chi connectivity index (χ2v) is 7.67. The molecule has 1 unspecified atom stereocenters. The lowest BCUT2D eigenvalue weighted by atomic mass is 9.98. The molecule has 1 saturated heterocycles. The normalized spacial score (nSPS) is 21.2. The number of nitrogen functional groups attached to an aromatic ring is 1. The summed E-state index contributed by atoms with van der Waals surface area (Å²) in [6.45, 7) is 4.66. The monoisotopic (exact) mass is 314 g/mol. The van der Waals surface area contributed by atoms with Crippen molar-refractivity contribution in [3.63, 3.8) is 0 Å². The molecule has 2 rings (SSSR count). The predicted octanol–water partition coefficient (Wildman–Crippen LogP) is 2.92. The van der Waals surface area contributed by atoms with Gasteiger partial charge in [-0.25, -0.2) is 12.8 Å². The van der Waals surface area contributed by atoms with Crippen molar-refractivity contribution in [2.45, 2.75) is 44.4 Å². The molecule has 4 nitrogen and oxygen atoms in total. The lowest BCUT2D eigenvalue weighted by molar-refractivity contribution is 0.407. The van der Waals surface area contributed by atoms with Crippen LogP contribution in [0.4, 0.5) is 10.1 Å². The van der Waals surface area contributed by atoms with Gasteiger partial charge in [0.2, 0.25) is 10.0 Å². The van der Waals surface area contributed by atoms with Gasteiger partial charge >= 0.3 is 0 Å². The van der Waals surface area contributed by atoms with Crippen molar-refractivity contribution < 1.29 is 12.8 Å². The van der Waals surface area contributed by atoms with E-state index in [9.17, 15) is 12.8 Å². The molecule has 2 N–H and O–H groups in total. The molecule has 0 aromatic heterocycles. The van der Waals surface area contributed by atoms with E-state index in [0.29, 0.717) is 19.0 Å². The quantitative estimate of drug-likeness (QED) is 0.873. The van der Waals surface area contributed by atoms with E-state index in [2.05, 4.69) is 6.92 Å². The highest BCUT2D eigenvalue weighted by Gasteiger charge is 2.28. The van der Waals surface area contributed by atoms with Crippen LogP contribution in [0.3, 0.4) is 0 Å². The molecule has 21 heavy (non-hydrogen) atoms. The third kappa shape index (κ3) is 3.37. The Balaban J connectivity index is 2.29. The van der Waals surface area contributed by atoms with Crippen molar-refractivity contribution in [2.24, 2.45) is 5.92 Å². The molecule has 1 aliphatic rings. The van der Waals surface area contributed by atoms with Crippen LogP contribution in [0.5, 0.6) is 0 Å². The van der Waals surface area contributed by atoms with Crippen molar-refractivity contribution in [3.05, 3.63) is 23.5 Å². The summed E-state index contributed by atoms with van der Waals surface area (Å²) in [5.41, 5.74) is 6.16. The van der Waals surface area contributed by atoms with E-state index >= 15 is 0 Å². The van der Waals surface area contributed by atoms with Crippen LogP contribution in [0.1, 0.15) is 38.2 Å². The van der Waals surface area contributed by atoms with E-state index in [1.54, 1.807) is 6.92 Å². The molecule has 0 aliphatic carbocycles. The Labute approximate surface area is 126 Å². The van der Waals surface area contributed by atoms with Crippen molar-refractivity contribution in [1.82, 2.24) is 4.31 Å². The molecule has 6 heteroatoms. The number of halogens is 1.